The van der Waals surface area contributed by atoms with Crippen LogP contribution in [0.25, 0.3) is 0 Å². The lowest BCUT2D eigenvalue weighted by Gasteiger charge is -2.20. The van der Waals surface area contributed by atoms with Crippen molar-refractivity contribution < 1.29 is 4.79 Å². The Hall–Kier alpha value is -2.09. The molecular formula is C20H25NO. The van der Waals surface area contributed by atoms with Gasteiger partial charge in [0.15, 0.2) is 0 Å². The van der Waals surface area contributed by atoms with Crippen molar-refractivity contribution in [1.82, 2.24) is 5.32 Å². The van der Waals surface area contributed by atoms with Gasteiger partial charge in [-0.3, -0.25) is 4.79 Å². The number of aryl methyl sites for hydroxylation is 3. The van der Waals surface area contributed by atoms with Crippen molar-refractivity contribution in [3.63, 3.8) is 0 Å². The molecule has 2 heteroatoms. The predicted molar refractivity (Wildman–Crippen MR) is 92.0 cm³/mol. The van der Waals surface area contributed by atoms with Gasteiger partial charge < -0.3 is 5.32 Å². The average molecular weight is 295 g/mol. The Labute approximate surface area is 133 Å². The second-order valence-corrected chi connectivity index (χ2v) is 6.05. The number of hydrogen-bond acceptors (Lipinski definition) is 1. The zero-order chi connectivity index (χ0) is 16.1. The standard InChI is InChI=1S/C20H25NO/c1-5-19(18-11-8-15(3)12-16(18)4)21-20(22)13-17-9-6-14(2)7-10-17/h6-12,19H,5,13H2,1-4H3,(H,21,22). The first-order chi connectivity index (χ1) is 10.5. The molecule has 2 nitrogen and oxygen atoms in total. The van der Waals surface area contributed by atoms with E-state index in [-0.39, 0.29) is 11.9 Å². The van der Waals surface area contributed by atoms with E-state index in [2.05, 4.69) is 51.2 Å². The van der Waals surface area contributed by atoms with Crippen LogP contribution in [-0.4, -0.2) is 5.91 Å². The molecule has 0 fully saturated rings. The van der Waals surface area contributed by atoms with Crippen molar-refractivity contribution in [2.24, 2.45) is 0 Å². The van der Waals surface area contributed by atoms with Gasteiger partial charge in [-0.1, -0.05) is 60.5 Å². The molecule has 1 N–H and O–H groups in total. The van der Waals surface area contributed by atoms with Gasteiger partial charge >= 0.3 is 0 Å². The summed E-state index contributed by atoms with van der Waals surface area (Å²) in [5, 5.41) is 3.17. The van der Waals surface area contributed by atoms with Crippen molar-refractivity contribution >= 4 is 5.91 Å². The first-order valence-electron chi connectivity index (χ1n) is 7.91. The molecule has 1 unspecified atom stereocenters. The van der Waals surface area contributed by atoms with Crippen LogP contribution in [0, 0.1) is 20.8 Å². The van der Waals surface area contributed by atoms with Gasteiger partial charge in [-0.15, -0.1) is 0 Å². The van der Waals surface area contributed by atoms with Crippen molar-refractivity contribution in [2.75, 3.05) is 0 Å². The van der Waals surface area contributed by atoms with Gasteiger partial charge in [0.1, 0.15) is 0 Å². The van der Waals surface area contributed by atoms with Crippen LogP contribution in [0.5, 0.6) is 0 Å². The smallest absolute Gasteiger partial charge is 0.224 e. The van der Waals surface area contributed by atoms with E-state index >= 15 is 0 Å². The Balaban J connectivity index is 2.06. The van der Waals surface area contributed by atoms with E-state index in [1.54, 1.807) is 0 Å². The first-order valence-corrected chi connectivity index (χ1v) is 7.91. The van der Waals surface area contributed by atoms with Crippen LogP contribution in [-0.2, 0) is 11.2 Å². The summed E-state index contributed by atoms with van der Waals surface area (Å²) in [5.74, 6) is 0.0793. The Bertz CT molecular complexity index is 643. The van der Waals surface area contributed by atoms with Crippen molar-refractivity contribution in [3.05, 3.63) is 70.3 Å². The molecule has 0 aliphatic carbocycles. The largest absolute Gasteiger partial charge is 0.349 e. The molecule has 0 radical (unpaired) electrons. The predicted octanol–water partition coefficient (Wildman–Crippen LogP) is 4.42. The minimum absolute atomic E-state index is 0.0793. The van der Waals surface area contributed by atoms with E-state index in [0.29, 0.717) is 6.42 Å². The second kappa shape index (κ2) is 7.26. The van der Waals surface area contributed by atoms with Gasteiger partial charge in [0, 0.05) is 0 Å². The summed E-state index contributed by atoms with van der Waals surface area (Å²) in [5.41, 5.74) is 5.97. The van der Waals surface area contributed by atoms with Gasteiger partial charge in [0.2, 0.25) is 5.91 Å². The monoisotopic (exact) mass is 295 g/mol. The Morgan fingerprint density at radius 3 is 2.23 bits per heavy atom. The molecule has 0 bridgehead atoms. The van der Waals surface area contributed by atoms with E-state index in [4.69, 9.17) is 0 Å². The zero-order valence-corrected chi connectivity index (χ0v) is 13.9. The van der Waals surface area contributed by atoms with Crippen LogP contribution in [0.1, 0.15) is 47.2 Å². The summed E-state index contributed by atoms with van der Waals surface area (Å²) >= 11 is 0. The van der Waals surface area contributed by atoms with E-state index < -0.39 is 0 Å². The molecule has 1 amide bonds. The third kappa shape index (κ3) is 4.20. The Morgan fingerprint density at radius 1 is 1.00 bits per heavy atom. The molecule has 0 spiro atoms. The fourth-order valence-electron chi connectivity index (χ4n) is 2.75. The fourth-order valence-corrected chi connectivity index (χ4v) is 2.75. The molecule has 1 atom stereocenters. The molecule has 2 aromatic rings. The van der Waals surface area contributed by atoms with Crippen molar-refractivity contribution in [1.29, 1.82) is 0 Å². The molecule has 0 heterocycles. The highest BCUT2D eigenvalue weighted by atomic mass is 16.1. The molecule has 116 valence electrons. The van der Waals surface area contributed by atoms with Gasteiger partial charge in [0.25, 0.3) is 0 Å². The van der Waals surface area contributed by atoms with Crippen LogP contribution in [0.2, 0.25) is 0 Å². The molecule has 0 saturated heterocycles. The van der Waals surface area contributed by atoms with E-state index in [1.807, 2.05) is 24.3 Å². The number of benzene rings is 2. The molecule has 0 aliphatic heterocycles. The van der Waals surface area contributed by atoms with Crippen LogP contribution in [0.4, 0.5) is 0 Å². The summed E-state index contributed by atoms with van der Waals surface area (Å²) in [6.45, 7) is 8.36. The number of rotatable bonds is 5. The van der Waals surface area contributed by atoms with Crippen LogP contribution in [0.15, 0.2) is 42.5 Å². The third-order valence-electron chi connectivity index (χ3n) is 4.03. The summed E-state index contributed by atoms with van der Waals surface area (Å²) < 4.78 is 0. The minimum atomic E-state index is 0.0793. The molecule has 2 aromatic carbocycles. The molecule has 2 rings (SSSR count). The number of hydrogen-bond donors (Lipinski definition) is 1. The summed E-state index contributed by atoms with van der Waals surface area (Å²) in [4.78, 5) is 12.3. The maximum absolute atomic E-state index is 12.3. The van der Waals surface area contributed by atoms with Crippen LogP contribution >= 0.6 is 0 Å². The van der Waals surface area contributed by atoms with Crippen molar-refractivity contribution in [2.45, 2.75) is 46.6 Å². The Kier molecular flexibility index (Phi) is 5.37. The van der Waals surface area contributed by atoms with Gasteiger partial charge in [0.05, 0.1) is 12.5 Å². The first kappa shape index (κ1) is 16.3. The fraction of sp³-hybridized carbons (Fsp3) is 0.350. The van der Waals surface area contributed by atoms with E-state index in [1.165, 1.54) is 22.3 Å². The van der Waals surface area contributed by atoms with Gasteiger partial charge in [-0.25, -0.2) is 0 Å². The highest BCUT2D eigenvalue weighted by molar-refractivity contribution is 5.79. The zero-order valence-electron chi connectivity index (χ0n) is 13.9. The van der Waals surface area contributed by atoms with E-state index in [0.717, 1.165) is 12.0 Å². The van der Waals surface area contributed by atoms with Gasteiger partial charge in [-0.05, 0) is 43.9 Å². The second-order valence-electron chi connectivity index (χ2n) is 6.05. The highest BCUT2D eigenvalue weighted by Crippen LogP contribution is 2.21. The molecule has 0 aromatic heterocycles. The van der Waals surface area contributed by atoms with E-state index in [9.17, 15) is 4.79 Å². The molecule has 0 aliphatic rings. The van der Waals surface area contributed by atoms with Crippen LogP contribution in [0.3, 0.4) is 0 Å². The number of carbonyl (C=O) groups excluding carboxylic acids is 1. The number of carbonyl (C=O) groups is 1. The topological polar surface area (TPSA) is 29.1 Å². The minimum Gasteiger partial charge on any atom is -0.349 e. The quantitative estimate of drug-likeness (QED) is 0.869. The number of nitrogens with one attached hydrogen (secondary N) is 1. The Morgan fingerprint density at radius 2 is 1.64 bits per heavy atom. The summed E-state index contributed by atoms with van der Waals surface area (Å²) in [6.07, 6.45) is 1.32. The lowest BCUT2D eigenvalue weighted by atomic mass is 9.97. The number of amides is 1. The lowest BCUT2D eigenvalue weighted by Crippen LogP contribution is -2.30. The SMILES string of the molecule is CCC(NC(=O)Cc1ccc(C)cc1)c1ccc(C)cc1C. The van der Waals surface area contributed by atoms with Gasteiger partial charge in [-0.2, -0.15) is 0 Å². The lowest BCUT2D eigenvalue weighted by molar-refractivity contribution is -0.121. The highest BCUT2D eigenvalue weighted by Gasteiger charge is 2.15. The third-order valence-corrected chi connectivity index (χ3v) is 4.03. The maximum Gasteiger partial charge on any atom is 0.224 e. The summed E-state index contributed by atoms with van der Waals surface area (Å²) in [7, 11) is 0. The molecular weight excluding hydrogens is 270 g/mol. The van der Waals surface area contributed by atoms with Crippen LogP contribution < -0.4 is 5.32 Å². The molecule has 0 saturated carbocycles. The average Bonchev–Trinajstić information content (AvgIpc) is 2.48. The van der Waals surface area contributed by atoms with Crippen molar-refractivity contribution in [3.8, 4) is 0 Å². The summed E-state index contributed by atoms with van der Waals surface area (Å²) in [6, 6.07) is 14.6. The normalized spacial score (nSPS) is 12.0. The molecule has 22 heavy (non-hydrogen) atoms. The maximum atomic E-state index is 12.3.